The SMILES string of the molecule is [C-]#[N+]c1ccc2c(c1)c1ccccc1n2-c1ccc(-c2ccc([Si](c3ccccc3)(c3ccccc3)c3ccccc3)cc2)cc1C#N. The van der Waals surface area contributed by atoms with Crippen molar-refractivity contribution < 1.29 is 0 Å². The van der Waals surface area contributed by atoms with Crippen molar-refractivity contribution in [2.24, 2.45) is 0 Å². The van der Waals surface area contributed by atoms with Gasteiger partial charge in [0.15, 0.2) is 13.8 Å². The minimum Gasteiger partial charge on any atom is -0.308 e. The Labute approximate surface area is 281 Å². The summed E-state index contributed by atoms with van der Waals surface area (Å²) in [7, 11) is -2.62. The quantitative estimate of drug-likeness (QED) is 0.104. The lowest BCUT2D eigenvalue weighted by atomic mass is 10.0. The van der Waals surface area contributed by atoms with Gasteiger partial charge in [-0.05, 0) is 67.6 Å². The van der Waals surface area contributed by atoms with E-state index < -0.39 is 8.07 Å². The van der Waals surface area contributed by atoms with Crippen molar-refractivity contribution in [3.8, 4) is 22.9 Å². The predicted molar refractivity (Wildman–Crippen MR) is 201 cm³/mol. The molecule has 0 saturated carbocycles. The van der Waals surface area contributed by atoms with Crippen LogP contribution in [0.5, 0.6) is 0 Å². The topological polar surface area (TPSA) is 33.1 Å². The molecule has 0 saturated heterocycles. The molecule has 0 bridgehead atoms. The van der Waals surface area contributed by atoms with Gasteiger partial charge >= 0.3 is 0 Å². The summed E-state index contributed by atoms with van der Waals surface area (Å²) in [4.78, 5) is 3.65. The Morgan fingerprint density at radius 1 is 0.500 bits per heavy atom. The third kappa shape index (κ3) is 4.64. The standard InChI is InChI=1S/C44H29N3Si/c1-46-35-24-28-44-41(30-35)40-19-11-12-20-43(40)47(44)42-27-23-33(29-34(42)31-45)32-21-25-39(26-22-32)48(36-13-5-2-6-14-36,37-15-7-3-8-16-37)38-17-9-4-10-18-38/h2-30H. The van der Waals surface area contributed by atoms with Crippen LogP contribution >= 0.6 is 0 Å². The second kappa shape index (κ2) is 12.0. The Hall–Kier alpha value is -6.46. The van der Waals surface area contributed by atoms with Gasteiger partial charge in [0.05, 0.1) is 28.9 Å². The van der Waals surface area contributed by atoms with Crippen LogP contribution in [0.1, 0.15) is 5.56 Å². The first-order valence-corrected chi connectivity index (χ1v) is 17.9. The zero-order valence-corrected chi connectivity index (χ0v) is 27.1. The molecule has 8 rings (SSSR count). The highest BCUT2D eigenvalue weighted by Gasteiger charge is 2.41. The summed E-state index contributed by atoms with van der Waals surface area (Å²) in [6.45, 7) is 7.52. The van der Waals surface area contributed by atoms with Crippen molar-refractivity contribution in [3.63, 3.8) is 0 Å². The van der Waals surface area contributed by atoms with Gasteiger partial charge in [0.1, 0.15) is 6.07 Å². The van der Waals surface area contributed by atoms with E-state index in [-0.39, 0.29) is 0 Å². The molecule has 48 heavy (non-hydrogen) atoms. The maximum atomic E-state index is 10.4. The monoisotopic (exact) mass is 627 g/mol. The molecular formula is C44H29N3Si. The molecule has 1 aromatic heterocycles. The largest absolute Gasteiger partial charge is 0.308 e. The number of aromatic nitrogens is 1. The van der Waals surface area contributed by atoms with Crippen LogP contribution in [0.15, 0.2) is 176 Å². The lowest BCUT2D eigenvalue weighted by Crippen LogP contribution is -2.74. The van der Waals surface area contributed by atoms with Gasteiger partial charge in [0.25, 0.3) is 0 Å². The molecular weight excluding hydrogens is 599 g/mol. The third-order valence-corrected chi connectivity index (χ3v) is 14.2. The first kappa shape index (κ1) is 29.0. The van der Waals surface area contributed by atoms with Crippen molar-refractivity contribution in [2.45, 2.75) is 0 Å². The van der Waals surface area contributed by atoms with E-state index in [0.717, 1.165) is 38.6 Å². The molecule has 3 nitrogen and oxygen atoms in total. The average molecular weight is 628 g/mol. The molecule has 0 aliphatic rings. The predicted octanol–water partition coefficient (Wildman–Crippen LogP) is 8.25. The normalized spacial score (nSPS) is 11.3. The Balaban J connectivity index is 1.27. The number of nitriles is 1. The maximum absolute atomic E-state index is 10.4. The van der Waals surface area contributed by atoms with E-state index in [1.807, 2.05) is 42.5 Å². The van der Waals surface area contributed by atoms with Crippen LogP contribution in [0.3, 0.4) is 0 Å². The molecule has 8 aromatic rings. The van der Waals surface area contributed by atoms with Gasteiger partial charge in [-0.3, -0.25) is 0 Å². The maximum Gasteiger partial charge on any atom is 0.188 e. The lowest BCUT2D eigenvalue weighted by molar-refractivity contribution is 1.17. The van der Waals surface area contributed by atoms with Crippen LogP contribution < -0.4 is 20.7 Å². The van der Waals surface area contributed by atoms with Crippen LogP contribution in [0.2, 0.25) is 0 Å². The van der Waals surface area contributed by atoms with Gasteiger partial charge in [-0.15, -0.1) is 0 Å². The molecule has 0 fully saturated rings. The van der Waals surface area contributed by atoms with Crippen molar-refractivity contribution >= 4 is 56.3 Å². The number of hydrogen-bond acceptors (Lipinski definition) is 1. The van der Waals surface area contributed by atoms with Crippen LogP contribution in [0.25, 0.3) is 43.5 Å². The zero-order chi connectivity index (χ0) is 32.5. The van der Waals surface area contributed by atoms with E-state index in [1.54, 1.807) is 0 Å². The lowest BCUT2D eigenvalue weighted by Gasteiger charge is -2.34. The van der Waals surface area contributed by atoms with Gasteiger partial charge in [-0.25, -0.2) is 4.85 Å². The minimum atomic E-state index is -2.62. The summed E-state index contributed by atoms with van der Waals surface area (Å²) in [5.74, 6) is 0. The van der Waals surface area contributed by atoms with Crippen molar-refractivity contribution in [3.05, 3.63) is 193 Å². The average Bonchev–Trinajstić information content (AvgIpc) is 3.50. The molecule has 7 aromatic carbocycles. The Bertz CT molecular complexity index is 2410. The second-order valence-electron chi connectivity index (χ2n) is 11.9. The molecule has 1 heterocycles. The summed E-state index contributed by atoms with van der Waals surface area (Å²) in [6.07, 6.45) is 0. The molecule has 0 spiro atoms. The zero-order valence-electron chi connectivity index (χ0n) is 26.1. The number of fused-ring (bicyclic) bond motifs is 3. The highest BCUT2D eigenvalue weighted by Crippen LogP contribution is 2.36. The summed E-state index contributed by atoms with van der Waals surface area (Å²) in [5, 5.41) is 17.8. The van der Waals surface area contributed by atoms with Gasteiger partial charge in [0, 0.05) is 5.39 Å². The van der Waals surface area contributed by atoms with Crippen molar-refractivity contribution in [1.82, 2.24) is 4.57 Å². The summed E-state index contributed by atoms with van der Waals surface area (Å²) in [5.41, 5.74) is 6.04. The van der Waals surface area contributed by atoms with Gasteiger partial charge in [-0.2, -0.15) is 5.26 Å². The van der Waals surface area contributed by atoms with E-state index >= 15 is 0 Å². The number of para-hydroxylation sites is 1. The summed E-state index contributed by atoms with van der Waals surface area (Å²) in [6, 6.07) is 64.3. The molecule has 0 N–H and O–H groups in total. The van der Waals surface area contributed by atoms with Crippen LogP contribution in [0.4, 0.5) is 5.69 Å². The molecule has 0 aliphatic heterocycles. The smallest absolute Gasteiger partial charge is 0.188 e. The first-order chi connectivity index (χ1) is 23.7. The first-order valence-electron chi connectivity index (χ1n) is 15.9. The molecule has 0 aliphatic carbocycles. The fourth-order valence-corrected chi connectivity index (χ4v) is 12.0. The number of hydrogen-bond donors (Lipinski definition) is 0. The summed E-state index contributed by atoms with van der Waals surface area (Å²) >= 11 is 0. The van der Waals surface area contributed by atoms with Crippen molar-refractivity contribution in [1.29, 1.82) is 5.26 Å². The van der Waals surface area contributed by atoms with E-state index in [2.05, 4.69) is 149 Å². The van der Waals surface area contributed by atoms with Gasteiger partial charge < -0.3 is 4.57 Å². The Kier molecular flexibility index (Phi) is 7.27. The molecule has 0 unspecified atom stereocenters. The van der Waals surface area contributed by atoms with E-state index in [1.165, 1.54) is 20.7 Å². The minimum absolute atomic E-state index is 0.593. The molecule has 0 amide bonds. The van der Waals surface area contributed by atoms with Crippen molar-refractivity contribution in [2.75, 3.05) is 0 Å². The third-order valence-electron chi connectivity index (χ3n) is 9.41. The van der Waals surface area contributed by atoms with Gasteiger partial charge in [-0.1, -0.05) is 146 Å². The summed E-state index contributed by atoms with van der Waals surface area (Å²) < 4.78 is 2.14. The van der Waals surface area contributed by atoms with Crippen LogP contribution in [-0.2, 0) is 0 Å². The molecule has 0 radical (unpaired) electrons. The Morgan fingerprint density at radius 3 is 1.60 bits per heavy atom. The van der Waals surface area contributed by atoms with E-state index in [9.17, 15) is 5.26 Å². The fourth-order valence-electron chi connectivity index (χ4n) is 7.27. The number of benzene rings is 7. The number of nitrogens with zero attached hydrogens (tertiary/aromatic N) is 3. The van der Waals surface area contributed by atoms with Crippen LogP contribution in [0, 0.1) is 17.9 Å². The van der Waals surface area contributed by atoms with E-state index in [0.29, 0.717) is 11.3 Å². The number of rotatable bonds is 6. The second-order valence-corrected chi connectivity index (χ2v) is 15.7. The van der Waals surface area contributed by atoms with Gasteiger partial charge in [0.2, 0.25) is 0 Å². The molecule has 4 heteroatoms. The molecule has 0 atom stereocenters. The highest BCUT2D eigenvalue weighted by atomic mass is 28.3. The van der Waals surface area contributed by atoms with Crippen LogP contribution in [-0.4, -0.2) is 12.6 Å². The fraction of sp³-hybridized carbons (Fsp3) is 0. The highest BCUT2D eigenvalue weighted by molar-refractivity contribution is 7.19. The Morgan fingerprint density at radius 2 is 1.02 bits per heavy atom. The van der Waals surface area contributed by atoms with E-state index in [4.69, 9.17) is 6.57 Å². The molecule has 224 valence electrons.